The van der Waals surface area contributed by atoms with Crippen molar-refractivity contribution in [3.8, 4) is 5.75 Å². The highest BCUT2D eigenvalue weighted by Crippen LogP contribution is 2.35. The maximum absolute atomic E-state index is 12.6. The second kappa shape index (κ2) is 10.2. The zero-order valence-electron chi connectivity index (χ0n) is 17.6. The van der Waals surface area contributed by atoms with E-state index in [1.165, 1.54) is 10.5 Å². The lowest BCUT2D eigenvalue weighted by Gasteiger charge is -2.38. The van der Waals surface area contributed by atoms with Crippen LogP contribution in [-0.2, 0) is 21.4 Å². The molecule has 0 unspecified atom stereocenters. The summed E-state index contributed by atoms with van der Waals surface area (Å²) >= 11 is 1.83. The third-order valence-electron chi connectivity index (χ3n) is 5.44. The van der Waals surface area contributed by atoms with E-state index in [1.807, 2.05) is 23.9 Å². The van der Waals surface area contributed by atoms with Crippen LogP contribution < -0.4 is 10.1 Å². The van der Waals surface area contributed by atoms with Crippen molar-refractivity contribution >= 4 is 17.7 Å². The van der Waals surface area contributed by atoms with Crippen molar-refractivity contribution in [3.05, 3.63) is 59.7 Å². The van der Waals surface area contributed by atoms with Crippen LogP contribution >= 0.6 is 11.8 Å². The summed E-state index contributed by atoms with van der Waals surface area (Å²) in [5, 5.41) is 3.74. The van der Waals surface area contributed by atoms with Gasteiger partial charge in [0.15, 0.2) is 0 Å². The molecule has 5 heteroatoms. The minimum Gasteiger partial charge on any atom is -0.497 e. The van der Waals surface area contributed by atoms with Gasteiger partial charge in [0.2, 0.25) is 5.91 Å². The van der Waals surface area contributed by atoms with Crippen LogP contribution in [0.5, 0.6) is 5.75 Å². The number of benzene rings is 2. The Bertz CT molecular complexity index is 781. The number of carbonyl (C=O) groups is 1. The summed E-state index contributed by atoms with van der Waals surface area (Å²) in [7, 11) is 1.67. The molecule has 1 fully saturated rings. The van der Waals surface area contributed by atoms with E-state index >= 15 is 0 Å². The second-order valence-corrected chi connectivity index (χ2v) is 9.54. The highest BCUT2D eigenvalue weighted by molar-refractivity contribution is 7.99. The minimum absolute atomic E-state index is 0.0636. The first-order chi connectivity index (χ1) is 14.0. The third-order valence-corrected chi connectivity index (χ3v) is 6.45. The molecule has 0 aliphatic carbocycles. The van der Waals surface area contributed by atoms with Crippen molar-refractivity contribution in [1.82, 2.24) is 5.32 Å². The molecule has 1 amide bonds. The van der Waals surface area contributed by atoms with Crippen molar-refractivity contribution in [1.29, 1.82) is 0 Å². The molecule has 2 aromatic carbocycles. The van der Waals surface area contributed by atoms with Crippen LogP contribution in [0.4, 0.5) is 0 Å². The van der Waals surface area contributed by atoms with Gasteiger partial charge in [0.25, 0.3) is 0 Å². The number of ether oxygens (including phenoxy) is 2. The van der Waals surface area contributed by atoms with Crippen molar-refractivity contribution in [2.24, 2.45) is 0 Å². The zero-order chi connectivity index (χ0) is 20.7. The van der Waals surface area contributed by atoms with Gasteiger partial charge in [-0.15, -0.1) is 11.8 Å². The number of amides is 1. The van der Waals surface area contributed by atoms with Crippen molar-refractivity contribution < 1.29 is 14.3 Å². The molecular formula is C24H31NO3S. The number of hydrogen-bond acceptors (Lipinski definition) is 4. The maximum atomic E-state index is 12.6. The van der Waals surface area contributed by atoms with Gasteiger partial charge in [-0.05, 0) is 48.2 Å². The number of carbonyl (C=O) groups excluding carboxylic acids is 1. The van der Waals surface area contributed by atoms with Gasteiger partial charge >= 0.3 is 0 Å². The maximum Gasteiger partial charge on any atom is 0.224 e. The van der Waals surface area contributed by atoms with Crippen molar-refractivity contribution in [3.63, 3.8) is 0 Å². The quantitative estimate of drug-likeness (QED) is 0.643. The molecule has 0 radical (unpaired) electrons. The normalized spacial score (nSPS) is 15.9. The van der Waals surface area contributed by atoms with Gasteiger partial charge in [0.05, 0.1) is 13.5 Å². The van der Waals surface area contributed by atoms with Crippen molar-refractivity contribution in [2.45, 2.75) is 48.7 Å². The summed E-state index contributed by atoms with van der Waals surface area (Å²) in [4.78, 5) is 13.9. The van der Waals surface area contributed by atoms with Crippen LogP contribution in [-0.4, -0.2) is 38.0 Å². The van der Waals surface area contributed by atoms with Crippen LogP contribution in [0.2, 0.25) is 0 Å². The fraction of sp³-hybridized carbons (Fsp3) is 0.458. The van der Waals surface area contributed by atoms with Crippen LogP contribution in [0.3, 0.4) is 0 Å². The molecule has 0 aromatic heterocycles. The molecule has 1 saturated heterocycles. The molecule has 29 heavy (non-hydrogen) atoms. The number of methoxy groups -OCH3 is 1. The first kappa shape index (κ1) is 21.7. The summed E-state index contributed by atoms with van der Waals surface area (Å²) in [6.45, 7) is 6.43. The predicted octanol–water partition coefficient (Wildman–Crippen LogP) is 4.60. The van der Waals surface area contributed by atoms with Crippen molar-refractivity contribution in [2.75, 3.05) is 26.9 Å². The van der Waals surface area contributed by atoms with E-state index in [4.69, 9.17) is 9.47 Å². The standard InChI is InChI=1S/C24H31NO3S/c1-18(2)29-22-10-4-19(5-11-22)16-23(26)25-17-24(12-14-28-15-13-24)20-6-8-21(27-3)9-7-20/h4-11,18H,12-17H2,1-3H3,(H,25,26). The van der Waals surface area contributed by atoms with Gasteiger partial charge in [0.1, 0.15) is 5.75 Å². The van der Waals surface area contributed by atoms with Gasteiger partial charge in [-0.1, -0.05) is 38.1 Å². The fourth-order valence-electron chi connectivity index (χ4n) is 3.75. The number of thioether (sulfide) groups is 1. The van der Waals surface area contributed by atoms with Gasteiger partial charge in [0, 0.05) is 35.3 Å². The number of nitrogens with one attached hydrogen (secondary N) is 1. The number of hydrogen-bond donors (Lipinski definition) is 1. The average Bonchev–Trinajstić information content (AvgIpc) is 2.74. The Balaban J connectivity index is 1.62. The van der Waals surface area contributed by atoms with Crippen LogP contribution in [0.1, 0.15) is 37.8 Å². The molecule has 0 atom stereocenters. The highest BCUT2D eigenvalue weighted by Gasteiger charge is 2.34. The smallest absolute Gasteiger partial charge is 0.224 e. The lowest BCUT2D eigenvalue weighted by Crippen LogP contribution is -2.45. The van der Waals surface area contributed by atoms with Crippen LogP contribution in [0.25, 0.3) is 0 Å². The molecule has 0 saturated carbocycles. The Morgan fingerprint density at radius 2 is 1.76 bits per heavy atom. The predicted molar refractivity (Wildman–Crippen MR) is 119 cm³/mol. The average molecular weight is 414 g/mol. The second-order valence-electron chi connectivity index (χ2n) is 7.89. The van der Waals surface area contributed by atoms with Crippen LogP contribution in [0, 0.1) is 0 Å². The van der Waals surface area contributed by atoms with E-state index in [1.54, 1.807) is 7.11 Å². The Labute approximate surface area is 178 Å². The fourth-order valence-corrected chi connectivity index (χ4v) is 4.59. The van der Waals surface area contributed by atoms with Gasteiger partial charge in [-0.3, -0.25) is 4.79 Å². The molecule has 1 N–H and O–H groups in total. The first-order valence-corrected chi connectivity index (χ1v) is 11.1. The summed E-state index contributed by atoms with van der Waals surface area (Å²) in [6, 6.07) is 16.5. The Hall–Kier alpha value is -1.98. The summed E-state index contributed by atoms with van der Waals surface area (Å²) in [6.07, 6.45) is 2.21. The third kappa shape index (κ3) is 6.00. The van der Waals surface area contributed by atoms with E-state index in [9.17, 15) is 4.79 Å². The molecule has 2 aromatic rings. The van der Waals surface area contributed by atoms with E-state index in [-0.39, 0.29) is 11.3 Å². The summed E-state index contributed by atoms with van der Waals surface area (Å²) < 4.78 is 10.9. The van der Waals surface area contributed by atoms with Crippen LogP contribution in [0.15, 0.2) is 53.4 Å². The molecule has 0 spiro atoms. The molecule has 4 nitrogen and oxygen atoms in total. The SMILES string of the molecule is COc1ccc(C2(CNC(=O)Cc3ccc(SC(C)C)cc3)CCOCC2)cc1. The van der Waals surface area contributed by atoms with Gasteiger partial charge in [-0.25, -0.2) is 0 Å². The highest BCUT2D eigenvalue weighted by atomic mass is 32.2. The van der Waals surface area contributed by atoms with E-state index < -0.39 is 0 Å². The van der Waals surface area contributed by atoms with E-state index in [0.717, 1.165) is 37.4 Å². The van der Waals surface area contributed by atoms with E-state index in [2.05, 4.69) is 55.6 Å². The molecule has 1 heterocycles. The Kier molecular flexibility index (Phi) is 7.62. The summed E-state index contributed by atoms with van der Waals surface area (Å²) in [5.74, 6) is 0.910. The Morgan fingerprint density at radius 3 is 2.34 bits per heavy atom. The minimum atomic E-state index is -0.0854. The molecule has 156 valence electrons. The molecule has 1 aliphatic rings. The van der Waals surface area contributed by atoms with E-state index in [0.29, 0.717) is 18.2 Å². The van der Waals surface area contributed by atoms with Gasteiger partial charge in [-0.2, -0.15) is 0 Å². The molecule has 3 rings (SSSR count). The molecular weight excluding hydrogens is 382 g/mol. The largest absolute Gasteiger partial charge is 0.497 e. The lowest BCUT2D eigenvalue weighted by molar-refractivity contribution is -0.120. The lowest BCUT2D eigenvalue weighted by atomic mass is 9.74. The zero-order valence-corrected chi connectivity index (χ0v) is 18.4. The molecule has 0 bridgehead atoms. The summed E-state index contributed by atoms with van der Waals surface area (Å²) in [5.41, 5.74) is 2.19. The topological polar surface area (TPSA) is 47.6 Å². The monoisotopic (exact) mass is 413 g/mol. The first-order valence-electron chi connectivity index (χ1n) is 10.3. The molecule has 1 aliphatic heterocycles. The Morgan fingerprint density at radius 1 is 1.10 bits per heavy atom. The number of rotatable bonds is 8. The van der Waals surface area contributed by atoms with Gasteiger partial charge < -0.3 is 14.8 Å².